The van der Waals surface area contributed by atoms with Crippen LogP contribution in [0.1, 0.15) is 35.2 Å². The third-order valence-corrected chi connectivity index (χ3v) is 6.09. The van der Waals surface area contributed by atoms with E-state index in [-0.39, 0.29) is 24.0 Å². The highest BCUT2D eigenvalue weighted by molar-refractivity contribution is 6.46. The lowest BCUT2D eigenvalue weighted by Gasteiger charge is -2.25. The van der Waals surface area contributed by atoms with Crippen LogP contribution in [0.15, 0.2) is 78.4 Å². The Hall–Kier alpha value is -3.93. The Morgan fingerprint density at radius 3 is 2.52 bits per heavy atom. The van der Waals surface area contributed by atoms with Crippen molar-refractivity contribution in [3.8, 4) is 5.75 Å². The van der Waals surface area contributed by atoms with Gasteiger partial charge in [0, 0.05) is 18.5 Å². The molecule has 0 bridgehead atoms. The molecule has 0 radical (unpaired) electrons. The van der Waals surface area contributed by atoms with Crippen LogP contribution in [0.4, 0.5) is 4.39 Å². The summed E-state index contributed by atoms with van der Waals surface area (Å²) in [4.78, 5) is 27.6. The largest absolute Gasteiger partial charge is 0.507 e. The van der Waals surface area contributed by atoms with E-state index in [0.717, 1.165) is 16.9 Å². The zero-order chi connectivity index (χ0) is 23.1. The van der Waals surface area contributed by atoms with Crippen LogP contribution in [0.2, 0.25) is 0 Å². The Morgan fingerprint density at radius 1 is 1.06 bits per heavy atom. The Kier molecular flexibility index (Phi) is 5.21. The molecule has 2 atom stereocenters. The molecular weight excluding hydrogens is 421 g/mol. The van der Waals surface area contributed by atoms with Gasteiger partial charge in [0.1, 0.15) is 23.4 Å². The maximum Gasteiger partial charge on any atom is 0.295 e. The summed E-state index contributed by atoms with van der Waals surface area (Å²) in [6.45, 7) is 2.14. The molecule has 5 rings (SSSR count). The van der Waals surface area contributed by atoms with E-state index in [9.17, 15) is 19.1 Å². The van der Waals surface area contributed by atoms with Crippen molar-refractivity contribution in [2.45, 2.75) is 32.0 Å². The lowest BCUT2D eigenvalue weighted by Crippen LogP contribution is -2.29. The second-order valence-electron chi connectivity index (χ2n) is 8.42. The van der Waals surface area contributed by atoms with Crippen molar-refractivity contribution in [2.75, 3.05) is 0 Å². The first-order chi connectivity index (χ1) is 15.9. The van der Waals surface area contributed by atoms with Gasteiger partial charge >= 0.3 is 0 Å². The van der Waals surface area contributed by atoms with Crippen LogP contribution in [0.3, 0.4) is 0 Å². The predicted octanol–water partition coefficient (Wildman–Crippen LogP) is 4.77. The molecule has 0 saturated carbocycles. The molecule has 0 aliphatic carbocycles. The minimum atomic E-state index is -0.839. The molecule has 1 saturated heterocycles. The number of ether oxygens (including phenoxy) is 1. The van der Waals surface area contributed by atoms with Crippen molar-refractivity contribution >= 4 is 17.4 Å². The number of rotatable bonds is 4. The number of Topliss-reactive ketones (excluding diaryl/α,β-unsaturated/α-hetero) is 1. The van der Waals surface area contributed by atoms with E-state index in [1.54, 1.807) is 18.2 Å². The van der Waals surface area contributed by atoms with Crippen molar-refractivity contribution in [1.29, 1.82) is 0 Å². The second-order valence-corrected chi connectivity index (χ2v) is 8.42. The van der Waals surface area contributed by atoms with E-state index in [4.69, 9.17) is 4.74 Å². The van der Waals surface area contributed by atoms with E-state index in [0.29, 0.717) is 17.5 Å². The van der Waals surface area contributed by atoms with Crippen molar-refractivity contribution in [2.24, 2.45) is 0 Å². The summed E-state index contributed by atoms with van der Waals surface area (Å²) in [5.41, 5.74) is 2.76. The molecule has 166 valence electrons. The fraction of sp³-hybridized carbons (Fsp3) is 0.185. The number of nitrogens with zero attached hydrogens (tertiary/aromatic N) is 1. The monoisotopic (exact) mass is 443 g/mol. The Balaban J connectivity index is 1.62. The van der Waals surface area contributed by atoms with Gasteiger partial charge in [-0.05, 0) is 53.9 Å². The average molecular weight is 443 g/mol. The van der Waals surface area contributed by atoms with Crippen molar-refractivity contribution in [3.05, 3.63) is 106 Å². The highest BCUT2D eigenvalue weighted by Crippen LogP contribution is 2.41. The number of fused-ring (bicyclic) bond motifs is 1. The van der Waals surface area contributed by atoms with Gasteiger partial charge in [-0.2, -0.15) is 0 Å². The quantitative estimate of drug-likeness (QED) is 0.358. The molecule has 0 spiro atoms. The third-order valence-electron chi connectivity index (χ3n) is 6.09. The molecule has 1 fully saturated rings. The van der Waals surface area contributed by atoms with E-state index in [1.165, 1.54) is 29.2 Å². The van der Waals surface area contributed by atoms with Gasteiger partial charge in [-0.15, -0.1) is 0 Å². The highest BCUT2D eigenvalue weighted by Gasteiger charge is 2.46. The number of ketones is 1. The van der Waals surface area contributed by atoms with E-state index < -0.39 is 23.5 Å². The maximum absolute atomic E-state index is 13.6. The number of likely N-dealkylation sites (tertiary alicyclic amines) is 1. The molecular formula is C27H22FNO4. The summed E-state index contributed by atoms with van der Waals surface area (Å²) < 4.78 is 19.4. The first-order valence-corrected chi connectivity index (χ1v) is 10.8. The number of aliphatic hydroxyl groups is 1. The number of hydrogen-bond acceptors (Lipinski definition) is 4. The van der Waals surface area contributed by atoms with Gasteiger partial charge in [-0.1, -0.05) is 42.5 Å². The van der Waals surface area contributed by atoms with E-state index >= 15 is 0 Å². The molecule has 0 aromatic heterocycles. The number of amides is 1. The molecule has 6 heteroatoms. The molecule has 33 heavy (non-hydrogen) atoms. The SMILES string of the molecule is CC1Cc2cc(/C(O)=C3/C(=O)C(=O)N(Cc4ccccc4)C3c3ccc(F)cc3)ccc2O1. The van der Waals surface area contributed by atoms with Gasteiger partial charge in [0.25, 0.3) is 11.7 Å². The molecule has 1 amide bonds. The summed E-state index contributed by atoms with van der Waals surface area (Å²) in [6, 6.07) is 19.3. The second kappa shape index (κ2) is 8.20. The molecule has 3 aromatic rings. The van der Waals surface area contributed by atoms with E-state index in [1.807, 2.05) is 37.3 Å². The fourth-order valence-corrected chi connectivity index (χ4v) is 4.54. The van der Waals surface area contributed by atoms with Crippen LogP contribution < -0.4 is 4.74 Å². The average Bonchev–Trinajstić information content (AvgIpc) is 3.31. The minimum Gasteiger partial charge on any atom is -0.507 e. The number of halogens is 1. The minimum absolute atomic E-state index is 0.00514. The summed E-state index contributed by atoms with van der Waals surface area (Å²) in [6.07, 6.45) is 0.730. The summed E-state index contributed by atoms with van der Waals surface area (Å²) in [5.74, 6) is -1.39. The van der Waals surface area contributed by atoms with Crippen LogP contribution in [-0.2, 0) is 22.6 Å². The van der Waals surface area contributed by atoms with Crippen LogP contribution in [-0.4, -0.2) is 27.8 Å². The van der Waals surface area contributed by atoms with Crippen LogP contribution in [0.25, 0.3) is 5.76 Å². The third kappa shape index (κ3) is 3.78. The normalized spacial score (nSPS) is 21.2. The number of aliphatic hydroxyl groups excluding tert-OH is 1. The number of hydrogen-bond donors (Lipinski definition) is 1. The lowest BCUT2D eigenvalue weighted by molar-refractivity contribution is -0.140. The number of carbonyl (C=O) groups excluding carboxylic acids is 2. The zero-order valence-corrected chi connectivity index (χ0v) is 18.0. The smallest absolute Gasteiger partial charge is 0.295 e. The van der Waals surface area contributed by atoms with Crippen LogP contribution in [0, 0.1) is 5.82 Å². The Bertz CT molecular complexity index is 1270. The first-order valence-electron chi connectivity index (χ1n) is 10.8. The zero-order valence-electron chi connectivity index (χ0n) is 18.0. The fourth-order valence-electron chi connectivity index (χ4n) is 4.54. The molecule has 2 aliphatic heterocycles. The first kappa shape index (κ1) is 20.9. The van der Waals surface area contributed by atoms with Gasteiger partial charge < -0.3 is 14.7 Å². The van der Waals surface area contributed by atoms with Crippen molar-refractivity contribution in [1.82, 2.24) is 4.90 Å². The predicted molar refractivity (Wildman–Crippen MR) is 121 cm³/mol. The lowest BCUT2D eigenvalue weighted by atomic mass is 9.94. The van der Waals surface area contributed by atoms with Gasteiger partial charge in [0.15, 0.2) is 0 Å². The molecule has 2 unspecified atom stereocenters. The van der Waals surface area contributed by atoms with Crippen molar-refractivity contribution < 1.29 is 23.8 Å². The van der Waals surface area contributed by atoms with Crippen LogP contribution in [0.5, 0.6) is 5.75 Å². The molecule has 3 aromatic carbocycles. The van der Waals surface area contributed by atoms with Gasteiger partial charge in [-0.25, -0.2) is 4.39 Å². The number of carbonyl (C=O) groups is 2. The summed E-state index contributed by atoms with van der Waals surface area (Å²) in [5, 5.41) is 11.2. The standard InChI is InChI=1S/C27H22FNO4/c1-16-13-20-14-19(9-12-22(20)33-16)25(30)23-24(18-7-10-21(28)11-8-18)29(27(32)26(23)31)15-17-5-3-2-4-6-17/h2-12,14,16,24,30H,13,15H2,1H3/b25-23-. The topological polar surface area (TPSA) is 66.8 Å². The summed E-state index contributed by atoms with van der Waals surface area (Å²) >= 11 is 0. The van der Waals surface area contributed by atoms with Gasteiger partial charge in [0.05, 0.1) is 11.6 Å². The molecule has 2 aliphatic rings. The van der Waals surface area contributed by atoms with E-state index in [2.05, 4.69) is 0 Å². The van der Waals surface area contributed by atoms with Gasteiger partial charge in [0.2, 0.25) is 0 Å². The maximum atomic E-state index is 13.6. The Morgan fingerprint density at radius 2 is 1.79 bits per heavy atom. The van der Waals surface area contributed by atoms with Crippen LogP contribution >= 0.6 is 0 Å². The molecule has 2 heterocycles. The van der Waals surface area contributed by atoms with Crippen molar-refractivity contribution in [3.63, 3.8) is 0 Å². The Labute approximate surface area is 190 Å². The highest BCUT2D eigenvalue weighted by atomic mass is 19.1. The molecule has 5 nitrogen and oxygen atoms in total. The van der Waals surface area contributed by atoms with Gasteiger partial charge in [-0.3, -0.25) is 9.59 Å². The number of benzene rings is 3. The summed E-state index contributed by atoms with van der Waals surface area (Å²) in [7, 11) is 0. The molecule has 1 N–H and O–H groups in total.